The van der Waals surface area contributed by atoms with Crippen LogP contribution >= 0.6 is 0 Å². The van der Waals surface area contributed by atoms with E-state index in [9.17, 15) is 18.3 Å². The number of rotatable bonds is 6. The molecule has 1 aliphatic rings. The van der Waals surface area contributed by atoms with Crippen LogP contribution in [0.15, 0.2) is 47.4 Å². The zero-order chi connectivity index (χ0) is 20.3. The minimum atomic E-state index is -3.84. The third-order valence-electron chi connectivity index (χ3n) is 4.97. The van der Waals surface area contributed by atoms with Crippen LogP contribution in [0.4, 0.5) is 11.4 Å². The molecule has 1 saturated heterocycles. The van der Waals surface area contributed by atoms with Crippen molar-refractivity contribution in [1.82, 2.24) is 0 Å². The number of anilines is 2. The first-order valence-corrected chi connectivity index (χ1v) is 10.6. The second-order valence-corrected chi connectivity index (χ2v) is 8.67. The van der Waals surface area contributed by atoms with Gasteiger partial charge in [0.2, 0.25) is 0 Å². The highest BCUT2D eigenvalue weighted by Gasteiger charge is 2.22. The molecule has 7 nitrogen and oxygen atoms in total. The van der Waals surface area contributed by atoms with Crippen molar-refractivity contribution in [2.24, 2.45) is 5.92 Å². The molecule has 2 aromatic carbocycles. The van der Waals surface area contributed by atoms with Gasteiger partial charge in [-0.2, -0.15) is 0 Å². The van der Waals surface area contributed by atoms with Crippen molar-refractivity contribution in [2.45, 2.75) is 24.7 Å². The molecule has 0 aliphatic carbocycles. The van der Waals surface area contributed by atoms with Crippen LogP contribution in [0.1, 0.15) is 30.1 Å². The van der Waals surface area contributed by atoms with Gasteiger partial charge >= 0.3 is 5.97 Å². The molecule has 2 N–H and O–H groups in total. The molecule has 8 heteroatoms. The first-order chi connectivity index (χ1) is 13.3. The lowest BCUT2D eigenvalue weighted by Crippen LogP contribution is -2.33. The van der Waals surface area contributed by atoms with Gasteiger partial charge in [0.25, 0.3) is 10.0 Å². The number of hydrogen-bond donors (Lipinski definition) is 2. The molecule has 3 rings (SSSR count). The Morgan fingerprint density at radius 2 is 1.79 bits per heavy atom. The maximum Gasteiger partial charge on any atom is 0.337 e. The molecule has 1 heterocycles. The van der Waals surface area contributed by atoms with Crippen molar-refractivity contribution in [1.29, 1.82) is 0 Å². The third-order valence-corrected chi connectivity index (χ3v) is 6.37. The van der Waals surface area contributed by atoms with Gasteiger partial charge in [-0.25, -0.2) is 13.2 Å². The minimum Gasteiger partial charge on any atom is -0.497 e. The number of carboxylic acid groups (broad SMARTS) is 1. The summed E-state index contributed by atoms with van der Waals surface area (Å²) < 4.78 is 32.7. The third kappa shape index (κ3) is 4.39. The van der Waals surface area contributed by atoms with Gasteiger partial charge in [0, 0.05) is 18.8 Å². The van der Waals surface area contributed by atoms with Gasteiger partial charge in [0.1, 0.15) is 5.75 Å². The van der Waals surface area contributed by atoms with Gasteiger partial charge in [0.05, 0.1) is 23.3 Å². The quantitative estimate of drug-likeness (QED) is 0.766. The van der Waals surface area contributed by atoms with E-state index in [1.165, 1.54) is 25.3 Å². The Morgan fingerprint density at radius 1 is 1.14 bits per heavy atom. The van der Waals surface area contributed by atoms with Crippen LogP contribution in [0, 0.1) is 5.92 Å². The lowest BCUT2D eigenvalue weighted by atomic mass is 9.98. The summed E-state index contributed by atoms with van der Waals surface area (Å²) in [6.07, 6.45) is 2.01. The first kappa shape index (κ1) is 20.0. The highest BCUT2D eigenvalue weighted by molar-refractivity contribution is 7.92. The predicted molar refractivity (Wildman–Crippen MR) is 108 cm³/mol. The van der Waals surface area contributed by atoms with Crippen molar-refractivity contribution in [3.05, 3.63) is 48.0 Å². The predicted octanol–water partition coefficient (Wildman–Crippen LogP) is 3.43. The second-order valence-electron chi connectivity index (χ2n) is 6.99. The molecule has 2 aromatic rings. The van der Waals surface area contributed by atoms with Crippen molar-refractivity contribution in [3.63, 3.8) is 0 Å². The molecule has 0 aromatic heterocycles. The van der Waals surface area contributed by atoms with Crippen molar-refractivity contribution in [2.75, 3.05) is 29.8 Å². The Kier molecular flexibility index (Phi) is 5.79. The number of ether oxygens (including phenoxy) is 1. The summed E-state index contributed by atoms with van der Waals surface area (Å²) >= 11 is 0. The van der Waals surface area contributed by atoms with E-state index in [0.717, 1.165) is 25.9 Å². The Morgan fingerprint density at radius 3 is 2.36 bits per heavy atom. The maximum atomic E-state index is 12.6. The van der Waals surface area contributed by atoms with Gasteiger partial charge in [-0.05, 0) is 61.2 Å². The van der Waals surface area contributed by atoms with Crippen LogP contribution in [0.5, 0.6) is 5.75 Å². The number of sulfonamides is 1. The number of nitrogens with zero attached hydrogens (tertiary/aromatic N) is 1. The van der Waals surface area contributed by atoms with E-state index in [-0.39, 0.29) is 16.1 Å². The van der Waals surface area contributed by atoms with Crippen LogP contribution < -0.4 is 14.4 Å². The van der Waals surface area contributed by atoms with E-state index >= 15 is 0 Å². The van der Waals surface area contributed by atoms with E-state index in [2.05, 4.69) is 11.6 Å². The smallest absolute Gasteiger partial charge is 0.337 e. The fourth-order valence-corrected chi connectivity index (χ4v) is 4.31. The molecule has 1 aliphatic heterocycles. The SMILES string of the molecule is COc1ccc(S(=O)(=O)Nc2ccc(N3CCC(C)CC3)c(C(=O)O)c2)cc1. The summed E-state index contributed by atoms with van der Waals surface area (Å²) in [5.41, 5.74) is 0.915. The molecule has 1 fully saturated rings. The fourth-order valence-electron chi connectivity index (χ4n) is 3.27. The van der Waals surface area contributed by atoms with Crippen molar-refractivity contribution >= 4 is 27.4 Å². The molecular weight excluding hydrogens is 380 g/mol. The molecular formula is C20H24N2O5S. The summed E-state index contributed by atoms with van der Waals surface area (Å²) in [5, 5.41) is 9.63. The highest BCUT2D eigenvalue weighted by atomic mass is 32.2. The molecule has 0 spiro atoms. The second kappa shape index (κ2) is 8.10. The Labute approximate surface area is 165 Å². The van der Waals surface area contributed by atoms with Crippen LogP contribution in [-0.4, -0.2) is 39.7 Å². The van der Waals surface area contributed by atoms with Gasteiger partial charge in [-0.3, -0.25) is 4.72 Å². The van der Waals surface area contributed by atoms with E-state index in [4.69, 9.17) is 4.74 Å². The molecule has 28 heavy (non-hydrogen) atoms. The number of hydrogen-bond acceptors (Lipinski definition) is 5. The van der Waals surface area contributed by atoms with Crippen molar-refractivity contribution < 1.29 is 23.1 Å². The molecule has 0 saturated carbocycles. The van der Waals surface area contributed by atoms with Crippen LogP contribution in [0.25, 0.3) is 0 Å². The number of aromatic carboxylic acids is 1. The maximum absolute atomic E-state index is 12.6. The van der Waals surface area contributed by atoms with Crippen molar-refractivity contribution in [3.8, 4) is 5.75 Å². The Balaban J connectivity index is 1.86. The molecule has 0 unspecified atom stereocenters. The highest BCUT2D eigenvalue weighted by Crippen LogP contribution is 2.29. The molecule has 150 valence electrons. The molecule has 0 radical (unpaired) electrons. The molecule has 0 bridgehead atoms. The summed E-state index contributed by atoms with van der Waals surface area (Å²) in [6, 6.07) is 10.6. The minimum absolute atomic E-state index is 0.0688. The summed E-state index contributed by atoms with van der Waals surface area (Å²) in [5.74, 6) is 0.0894. The zero-order valence-electron chi connectivity index (χ0n) is 15.9. The van der Waals surface area contributed by atoms with E-state index in [0.29, 0.717) is 17.4 Å². The number of piperidine rings is 1. The van der Waals surface area contributed by atoms with Gasteiger partial charge < -0.3 is 14.7 Å². The summed E-state index contributed by atoms with van der Waals surface area (Å²) in [4.78, 5) is 13.9. The first-order valence-electron chi connectivity index (χ1n) is 9.09. The number of carboxylic acids is 1. The van der Waals surface area contributed by atoms with Gasteiger partial charge in [-0.15, -0.1) is 0 Å². The fraction of sp³-hybridized carbons (Fsp3) is 0.350. The Bertz CT molecular complexity index is 949. The van der Waals surface area contributed by atoms with Crippen LogP contribution in [-0.2, 0) is 10.0 Å². The molecule has 0 amide bonds. The van der Waals surface area contributed by atoms with Crippen LogP contribution in [0.2, 0.25) is 0 Å². The number of nitrogens with one attached hydrogen (secondary N) is 1. The number of carbonyl (C=O) groups is 1. The zero-order valence-corrected chi connectivity index (χ0v) is 16.7. The normalized spacial score (nSPS) is 15.3. The lowest BCUT2D eigenvalue weighted by molar-refractivity contribution is 0.0697. The topological polar surface area (TPSA) is 95.9 Å². The Hall–Kier alpha value is -2.74. The van der Waals surface area contributed by atoms with E-state index in [1.807, 2.05) is 4.90 Å². The van der Waals surface area contributed by atoms with E-state index in [1.54, 1.807) is 24.3 Å². The largest absolute Gasteiger partial charge is 0.497 e. The average molecular weight is 404 g/mol. The van der Waals surface area contributed by atoms with Gasteiger partial charge in [-0.1, -0.05) is 6.92 Å². The number of benzene rings is 2. The molecule has 0 atom stereocenters. The van der Waals surface area contributed by atoms with E-state index < -0.39 is 16.0 Å². The average Bonchev–Trinajstić information content (AvgIpc) is 2.68. The lowest BCUT2D eigenvalue weighted by Gasteiger charge is -2.33. The standard InChI is InChI=1S/C20H24N2O5S/c1-14-9-11-22(12-10-14)19-8-3-15(13-18(19)20(23)24)21-28(25,26)17-6-4-16(27-2)5-7-17/h3-8,13-14,21H,9-12H2,1-2H3,(H,23,24). The summed E-state index contributed by atoms with van der Waals surface area (Å²) in [7, 11) is -2.34. The van der Waals surface area contributed by atoms with Gasteiger partial charge in [0.15, 0.2) is 0 Å². The van der Waals surface area contributed by atoms with Crippen LogP contribution in [0.3, 0.4) is 0 Å². The number of methoxy groups -OCH3 is 1. The summed E-state index contributed by atoms with van der Waals surface area (Å²) in [6.45, 7) is 3.77. The monoisotopic (exact) mass is 404 g/mol.